The highest BCUT2D eigenvalue weighted by Crippen LogP contribution is 2.29. The van der Waals surface area contributed by atoms with E-state index in [2.05, 4.69) is 45.6 Å². The zero-order valence-electron chi connectivity index (χ0n) is 26.4. The van der Waals surface area contributed by atoms with Crippen LogP contribution >= 0.6 is 0 Å². The van der Waals surface area contributed by atoms with Gasteiger partial charge in [0.1, 0.15) is 11.3 Å². The van der Waals surface area contributed by atoms with E-state index in [4.69, 9.17) is 10.7 Å². The van der Waals surface area contributed by atoms with Crippen molar-refractivity contribution >= 4 is 39.6 Å². The number of aryl methyl sites for hydroxylation is 2. The number of nitrogen functional groups attached to an aromatic ring is 1. The van der Waals surface area contributed by atoms with Gasteiger partial charge in [0.25, 0.3) is 0 Å². The van der Waals surface area contributed by atoms with Crippen molar-refractivity contribution in [3.63, 3.8) is 0 Å². The number of amides is 2. The maximum Gasteiger partial charge on any atom is 0.234 e. The minimum Gasteiger partial charge on any atom is -0.382 e. The number of para-hydroxylation sites is 1. The van der Waals surface area contributed by atoms with Crippen molar-refractivity contribution in [3.05, 3.63) is 30.1 Å². The summed E-state index contributed by atoms with van der Waals surface area (Å²) in [6.07, 6.45) is 16.3. The highest BCUT2D eigenvalue weighted by Gasteiger charge is 2.17. The van der Waals surface area contributed by atoms with Crippen molar-refractivity contribution in [1.82, 2.24) is 30.7 Å². The lowest BCUT2D eigenvalue weighted by atomic mass is 9.96. The van der Waals surface area contributed by atoms with Gasteiger partial charge in [-0.2, -0.15) is 0 Å². The van der Waals surface area contributed by atoms with Crippen LogP contribution < -0.4 is 21.9 Å². The molecule has 2 atom stereocenters. The second-order valence-corrected chi connectivity index (χ2v) is 12.5. The predicted octanol–water partition coefficient (Wildman–Crippen LogP) is 6.34. The van der Waals surface area contributed by atoms with Crippen LogP contribution in [0.25, 0.3) is 21.9 Å². The molecule has 5 N–H and O–H groups in total. The Morgan fingerprint density at radius 3 is 2.53 bits per heavy atom. The molecule has 1 aliphatic carbocycles. The first-order valence-corrected chi connectivity index (χ1v) is 16.8. The number of carbonyl (C=O) groups excluding carboxylic acids is 2. The van der Waals surface area contributed by atoms with E-state index in [1.807, 2.05) is 18.2 Å². The third kappa shape index (κ3) is 9.91. The summed E-state index contributed by atoms with van der Waals surface area (Å²) in [5, 5.41) is 4.06. The van der Waals surface area contributed by atoms with Crippen LogP contribution in [0, 0.1) is 5.92 Å². The molecule has 1 aliphatic rings. The van der Waals surface area contributed by atoms with E-state index in [-0.39, 0.29) is 24.7 Å². The third-order valence-electron chi connectivity index (χ3n) is 8.83. The second kappa shape index (κ2) is 17.2. The number of nitrogens with two attached hydrogens (primary N) is 1. The molecule has 0 aliphatic heterocycles. The molecule has 0 bridgehead atoms. The molecule has 236 valence electrons. The van der Waals surface area contributed by atoms with E-state index in [1.165, 1.54) is 44.9 Å². The Bertz CT molecular complexity index is 1320. The van der Waals surface area contributed by atoms with Gasteiger partial charge >= 0.3 is 0 Å². The summed E-state index contributed by atoms with van der Waals surface area (Å²) in [5.41, 5.74) is 15.2. The third-order valence-corrected chi connectivity index (χ3v) is 8.83. The number of hydrogen-bond acceptors (Lipinski definition) is 6. The van der Waals surface area contributed by atoms with Crippen LogP contribution in [0.4, 0.5) is 5.82 Å². The average Bonchev–Trinajstić information content (AvgIpc) is 3.36. The van der Waals surface area contributed by atoms with E-state index in [0.29, 0.717) is 18.4 Å². The van der Waals surface area contributed by atoms with Crippen molar-refractivity contribution in [2.24, 2.45) is 5.92 Å². The van der Waals surface area contributed by atoms with E-state index < -0.39 is 0 Å². The van der Waals surface area contributed by atoms with Crippen molar-refractivity contribution in [1.29, 1.82) is 0 Å². The molecule has 43 heavy (non-hydrogen) atoms. The van der Waals surface area contributed by atoms with Crippen LogP contribution in [0.1, 0.15) is 116 Å². The van der Waals surface area contributed by atoms with Gasteiger partial charge in [-0.05, 0) is 50.5 Å². The zero-order valence-corrected chi connectivity index (χ0v) is 26.4. The average molecular weight is 592 g/mol. The Labute approximate surface area is 257 Å². The fourth-order valence-corrected chi connectivity index (χ4v) is 6.19. The predicted molar refractivity (Wildman–Crippen MR) is 175 cm³/mol. The number of unbranched alkanes of at least 4 members (excludes halogenated alkanes) is 2. The van der Waals surface area contributed by atoms with E-state index in [0.717, 1.165) is 85.2 Å². The van der Waals surface area contributed by atoms with Gasteiger partial charge in [-0.25, -0.2) is 15.4 Å². The molecule has 4 rings (SSSR count). The summed E-state index contributed by atoms with van der Waals surface area (Å²) in [4.78, 5) is 34.4. The smallest absolute Gasteiger partial charge is 0.234 e. The number of nitrogens with zero attached hydrogens (tertiary/aromatic N) is 3. The summed E-state index contributed by atoms with van der Waals surface area (Å²) in [7, 11) is 0. The Morgan fingerprint density at radius 2 is 1.70 bits per heavy atom. The first-order valence-electron chi connectivity index (χ1n) is 16.8. The SMILES string of the molecule is CCCCc1nc2c(N)nc3ccccc3c2n1CCCCNC(=O)CCC(=O)NNC1CCCCCCCC(C)CC1. The first kappa shape index (κ1) is 32.7. The number of aromatic nitrogens is 3. The highest BCUT2D eigenvalue weighted by molar-refractivity contribution is 6.06. The van der Waals surface area contributed by atoms with Crippen molar-refractivity contribution < 1.29 is 9.59 Å². The number of nitrogens with one attached hydrogen (secondary N) is 3. The van der Waals surface area contributed by atoms with Crippen molar-refractivity contribution in [2.45, 2.75) is 129 Å². The highest BCUT2D eigenvalue weighted by atomic mass is 16.2. The molecule has 1 fully saturated rings. The van der Waals surface area contributed by atoms with Gasteiger partial charge in [-0.1, -0.05) is 77.0 Å². The summed E-state index contributed by atoms with van der Waals surface area (Å²) in [6, 6.07) is 8.38. The molecular weight excluding hydrogens is 538 g/mol. The lowest BCUT2D eigenvalue weighted by Gasteiger charge is -2.20. The van der Waals surface area contributed by atoms with Gasteiger partial charge in [0.2, 0.25) is 11.8 Å². The zero-order chi connectivity index (χ0) is 30.4. The molecule has 2 unspecified atom stereocenters. The van der Waals surface area contributed by atoms with Crippen LogP contribution in [0.15, 0.2) is 24.3 Å². The summed E-state index contributed by atoms with van der Waals surface area (Å²) >= 11 is 0. The number of pyridine rings is 1. The Kier molecular flexibility index (Phi) is 13.1. The fourth-order valence-electron chi connectivity index (χ4n) is 6.19. The second-order valence-electron chi connectivity index (χ2n) is 12.5. The minimum absolute atomic E-state index is 0.0829. The Balaban J connectivity index is 1.20. The molecule has 0 spiro atoms. The van der Waals surface area contributed by atoms with Crippen molar-refractivity contribution in [3.8, 4) is 0 Å². The van der Waals surface area contributed by atoms with Crippen LogP contribution in [-0.2, 0) is 22.6 Å². The van der Waals surface area contributed by atoms with Crippen LogP contribution in [-0.4, -0.2) is 38.9 Å². The number of fused-ring (bicyclic) bond motifs is 3. The molecule has 9 nitrogen and oxygen atoms in total. The summed E-state index contributed by atoms with van der Waals surface area (Å²) in [6.45, 7) is 5.91. The quantitative estimate of drug-likeness (QED) is 0.136. The van der Waals surface area contributed by atoms with Crippen molar-refractivity contribution in [2.75, 3.05) is 12.3 Å². The number of imidazole rings is 1. The normalized spacial score (nSPS) is 18.4. The van der Waals surface area contributed by atoms with Gasteiger partial charge in [0.15, 0.2) is 5.82 Å². The number of benzene rings is 1. The molecule has 0 saturated heterocycles. The monoisotopic (exact) mass is 591 g/mol. The van der Waals surface area contributed by atoms with Crippen LogP contribution in [0.5, 0.6) is 0 Å². The summed E-state index contributed by atoms with van der Waals surface area (Å²) < 4.78 is 2.30. The van der Waals surface area contributed by atoms with E-state index in [1.54, 1.807) is 0 Å². The van der Waals surface area contributed by atoms with Gasteiger partial charge < -0.3 is 15.6 Å². The number of hydrogen-bond donors (Lipinski definition) is 4. The van der Waals surface area contributed by atoms with Gasteiger partial charge in [0, 0.05) is 43.8 Å². The standard InChI is InChI=1S/C34H53N7O2/c1-3-4-18-29-38-32-33(27-16-10-11-17-28(27)37-34(32)35)41(29)24-13-12-23-36-30(42)21-22-31(43)40-39-26-15-9-7-5-6-8-14-25(2)19-20-26/h10-11,16-17,25-26,39H,3-9,12-15,18-24H2,1-2H3,(H2,35,37)(H,36,42)(H,40,43). The maximum atomic E-state index is 12.5. The molecule has 9 heteroatoms. The Hall–Kier alpha value is -3.20. The molecule has 2 heterocycles. The molecule has 3 aromatic rings. The minimum atomic E-state index is -0.120. The Morgan fingerprint density at radius 1 is 0.930 bits per heavy atom. The van der Waals surface area contributed by atoms with E-state index >= 15 is 0 Å². The fraction of sp³-hybridized carbons (Fsp3) is 0.647. The lowest BCUT2D eigenvalue weighted by molar-refractivity contribution is -0.127. The largest absolute Gasteiger partial charge is 0.382 e. The lowest BCUT2D eigenvalue weighted by Crippen LogP contribution is -2.44. The maximum absolute atomic E-state index is 12.5. The number of carbonyl (C=O) groups is 2. The van der Waals surface area contributed by atoms with E-state index in [9.17, 15) is 9.59 Å². The molecular formula is C34H53N7O2. The molecule has 1 saturated carbocycles. The summed E-state index contributed by atoms with van der Waals surface area (Å²) in [5.74, 6) is 2.05. The van der Waals surface area contributed by atoms with Crippen LogP contribution in [0.2, 0.25) is 0 Å². The van der Waals surface area contributed by atoms with Crippen LogP contribution in [0.3, 0.4) is 0 Å². The molecule has 2 amide bonds. The topological polar surface area (TPSA) is 127 Å². The number of hydrazine groups is 1. The number of anilines is 1. The first-order chi connectivity index (χ1) is 21.0. The van der Waals surface area contributed by atoms with Gasteiger partial charge in [-0.15, -0.1) is 0 Å². The van der Waals surface area contributed by atoms with Gasteiger partial charge in [-0.3, -0.25) is 15.0 Å². The molecule has 2 aromatic heterocycles. The number of rotatable bonds is 13. The molecule has 0 radical (unpaired) electrons. The van der Waals surface area contributed by atoms with Gasteiger partial charge in [0.05, 0.1) is 11.0 Å². The molecule has 1 aromatic carbocycles.